The molecule has 1 unspecified atom stereocenters. The Morgan fingerprint density at radius 1 is 1.31 bits per heavy atom. The molecule has 2 rings (SSSR count). The van der Waals surface area contributed by atoms with Crippen molar-refractivity contribution in [3.8, 4) is 0 Å². The Morgan fingerprint density at radius 3 is 2.81 bits per heavy atom. The van der Waals surface area contributed by atoms with Gasteiger partial charge in [0.1, 0.15) is 0 Å². The van der Waals surface area contributed by atoms with Gasteiger partial charge >= 0.3 is 0 Å². The lowest BCUT2D eigenvalue weighted by Crippen LogP contribution is -2.22. The number of amides is 1. The summed E-state index contributed by atoms with van der Waals surface area (Å²) >= 11 is 7.60. The predicted octanol–water partition coefficient (Wildman–Crippen LogP) is 3.10. The number of rotatable bonds is 2. The van der Waals surface area contributed by atoms with Crippen molar-refractivity contribution < 1.29 is 4.79 Å². The van der Waals surface area contributed by atoms with Gasteiger partial charge in [-0.3, -0.25) is 4.79 Å². The quantitative estimate of drug-likeness (QED) is 0.880. The summed E-state index contributed by atoms with van der Waals surface area (Å²) in [6.45, 7) is 0.816. The molecule has 0 aromatic heterocycles. The minimum Gasteiger partial charge on any atom is -0.356 e. The fraction of sp³-hybridized carbons (Fsp3) is 0.417. The highest BCUT2D eigenvalue weighted by molar-refractivity contribution is 8.00. The van der Waals surface area contributed by atoms with Gasteiger partial charge in [0, 0.05) is 28.1 Å². The highest BCUT2D eigenvalue weighted by Crippen LogP contribution is 2.30. The molecule has 1 N–H and O–H groups in total. The first-order valence-electron chi connectivity index (χ1n) is 5.43. The SMILES string of the molecule is O=C1CC(Sc2ccc(Cl)cc2)CCCN1. The normalized spacial score (nSPS) is 21.3. The first-order chi connectivity index (χ1) is 7.74. The van der Waals surface area contributed by atoms with E-state index >= 15 is 0 Å². The molecule has 0 saturated carbocycles. The number of carbonyl (C=O) groups excluding carboxylic acids is 1. The fourth-order valence-electron chi connectivity index (χ4n) is 1.74. The van der Waals surface area contributed by atoms with Gasteiger partial charge in [-0.1, -0.05) is 11.6 Å². The monoisotopic (exact) mass is 255 g/mol. The van der Waals surface area contributed by atoms with E-state index in [1.54, 1.807) is 11.8 Å². The van der Waals surface area contributed by atoms with Gasteiger partial charge in [-0.05, 0) is 37.1 Å². The molecule has 2 nitrogen and oxygen atoms in total. The van der Waals surface area contributed by atoms with Crippen LogP contribution in [0, 0.1) is 0 Å². The van der Waals surface area contributed by atoms with E-state index in [-0.39, 0.29) is 5.91 Å². The Balaban J connectivity index is 1.97. The summed E-state index contributed by atoms with van der Waals surface area (Å²) in [5, 5.41) is 4.04. The molecule has 1 aromatic rings. The van der Waals surface area contributed by atoms with Crippen molar-refractivity contribution in [1.29, 1.82) is 0 Å². The highest BCUT2D eigenvalue weighted by atomic mass is 35.5. The van der Waals surface area contributed by atoms with Gasteiger partial charge in [0.2, 0.25) is 5.91 Å². The van der Waals surface area contributed by atoms with Gasteiger partial charge in [0.25, 0.3) is 0 Å². The molecule has 1 heterocycles. The Morgan fingerprint density at radius 2 is 2.06 bits per heavy atom. The maximum absolute atomic E-state index is 11.4. The maximum Gasteiger partial charge on any atom is 0.221 e. The van der Waals surface area contributed by atoms with Crippen LogP contribution < -0.4 is 5.32 Å². The second kappa shape index (κ2) is 5.60. The largest absolute Gasteiger partial charge is 0.356 e. The van der Waals surface area contributed by atoms with E-state index in [1.165, 1.54) is 4.90 Å². The van der Waals surface area contributed by atoms with E-state index in [1.807, 2.05) is 24.3 Å². The zero-order valence-corrected chi connectivity index (χ0v) is 10.5. The fourth-order valence-corrected chi connectivity index (χ4v) is 3.07. The number of carbonyl (C=O) groups is 1. The summed E-state index contributed by atoms with van der Waals surface area (Å²) < 4.78 is 0. The summed E-state index contributed by atoms with van der Waals surface area (Å²) in [4.78, 5) is 12.6. The summed E-state index contributed by atoms with van der Waals surface area (Å²) in [7, 11) is 0. The standard InChI is InChI=1S/C12H14ClNOS/c13-9-3-5-10(6-4-9)16-11-2-1-7-14-12(15)8-11/h3-6,11H,1-2,7-8H2,(H,14,15). The third kappa shape index (κ3) is 3.42. The van der Waals surface area contributed by atoms with Crippen molar-refractivity contribution in [2.45, 2.75) is 29.4 Å². The Hall–Kier alpha value is -0.670. The van der Waals surface area contributed by atoms with Crippen LogP contribution in [-0.4, -0.2) is 17.7 Å². The van der Waals surface area contributed by atoms with Crippen LogP contribution in [0.5, 0.6) is 0 Å². The molecule has 86 valence electrons. The molecular formula is C12H14ClNOS. The van der Waals surface area contributed by atoms with Gasteiger partial charge < -0.3 is 5.32 Å². The third-order valence-electron chi connectivity index (χ3n) is 2.55. The molecule has 1 aromatic carbocycles. The molecule has 4 heteroatoms. The van der Waals surface area contributed by atoms with Crippen molar-refractivity contribution in [2.24, 2.45) is 0 Å². The number of hydrogen-bond donors (Lipinski definition) is 1. The van der Waals surface area contributed by atoms with E-state index in [2.05, 4.69) is 5.32 Å². The molecular weight excluding hydrogens is 242 g/mol. The summed E-state index contributed by atoms with van der Waals surface area (Å²) in [6, 6.07) is 7.80. The number of thioether (sulfide) groups is 1. The number of nitrogens with one attached hydrogen (secondary N) is 1. The van der Waals surface area contributed by atoms with Gasteiger partial charge in [0.15, 0.2) is 0 Å². The smallest absolute Gasteiger partial charge is 0.221 e. The first-order valence-corrected chi connectivity index (χ1v) is 6.69. The van der Waals surface area contributed by atoms with Crippen molar-refractivity contribution in [3.63, 3.8) is 0 Å². The summed E-state index contributed by atoms with van der Waals surface area (Å²) in [5.74, 6) is 0.170. The summed E-state index contributed by atoms with van der Waals surface area (Å²) in [6.07, 6.45) is 2.77. The Labute approximate surface area is 105 Å². The lowest BCUT2D eigenvalue weighted by molar-refractivity contribution is -0.120. The van der Waals surface area contributed by atoms with Crippen LogP contribution in [0.1, 0.15) is 19.3 Å². The molecule has 0 bridgehead atoms. The predicted molar refractivity (Wildman–Crippen MR) is 68.0 cm³/mol. The molecule has 1 atom stereocenters. The molecule has 16 heavy (non-hydrogen) atoms. The van der Waals surface area contributed by atoms with Crippen LogP contribution in [0.3, 0.4) is 0 Å². The second-order valence-corrected chi connectivity index (χ2v) is 5.70. The third-order valence-corrected chi connectivity index (χ3v) is 4.09. The van der Waals surface area contributed by atoms with Gasteiger partial charge in [0.05, 0.1) is 0 Å². The minimum atomic E-state index is 0.170. The van der Waals surface area contributed by atoms with Crippen LogP contribution in [0.15, 0.2) is 29.2 Å². The lowest BCUT2D eigenvalue weighted by Gasteiger charge is -2.12. The van der Waals surface area contributed by atoms with Gasteiger partial charge in [-0.2, -0.15) is 0 Å². The number of halogens is 1. The zero-order chi connectivity index (χ0) is 11.4. The van der Waals surface area contributed by atoms with E-state index < -0.39 is 0 Å². The average molecular weight is 256 g/mol. The van der Waals surface area contributed by atoms with Crippen molar-refractivity contribution in [2.75, 3.05) is 6.54 Å². The maximum atomic E-state index is 11.4. The molecule has 1 aliphatic rings. The van der Waals surface area contributed by atoms with Gasteiger partial charge in [-0.15, -0.1) is 11.8 Å². The van der Waals surface area contributed by atoms with Crippen molar-refractivity contribution in [1.82, 2.24) is 5.32 Å². The van der Waals surface area contributed by atoms with Gasteiger partial charge in [-0.25, -0.2) is 0 Å². The second-order valence-electron chi connectivity index (χ2n) is 3.89. The van der Waals surface area contributed by atoms with Crippen molar-refractivity contribution >= 4 is 29.3 Å². The Bertz CT molecular complexity index is 366. The van der Waals surface area contributed by atoms with Crippen molar-refractivity contribution in [3.05, 3.63) is 29.3 Å². The van der Waals surface area contributed by atoms with E-state index in [0.717, 1.165) is 24.4 Å². The molecule has 1 fully saturated rings. The molecule has 0 aliphatic carbocycles. The van der Waals surface area contributed by atoms with Crippen LogP contribution in [0.25, 0.3) is 0 Å². The topological polar surface area (TPSA) is 29.1 Å². The van der Waals surface area contributed by atoms with Crippen LogP contribution in [0.4, 0.5) is 0 Å². The van der Waals surface area contributed by atoms with Crippen LogP contribution in [-0.2, 0) is 4.79 Å². The van der Waals surface area contributed by atoms with E-state index in [4.69, 9.17) is 11.6 Å². The van der Waals surface area contributed by atoms with E-state index in [0.29, 0.717) is 11.7 Å². The molecule has 1 aliphatic heterocycles. The number of benzene rings is 1. The molecule has 1 saturated heterocycles. The molecule has 0 spiro atoms. The Kier molecular flexibility index (Phi) is 4.13. The average Bonchev–Trinajstić information content (AvgIpc) is 2.46. The highest BCUT2D eigenvalue weighted by Gasteiger charge is 2.18. The van der Waals surface area contributed by atoms with Crippen LogP contribution in [0.2, 0.25) is 5.02 Å². The molecule has 0 radical (unpaired) electrons. The summed E-state index contributed by atoms with van der Waals surface area (Å²) in [5.41, 5.74) is 0. The zero-order valence-electron chi connectivity index (χ0n) is 8.91. The van der Waals surface area contributed by atoms with E-state index in [9.17, 15) is 4.79 Å². The van der Waals surface area contributed by atoms with Crippen LogP contribution >= 0.6 is 23.4 Å². The molecule has 1 amide bonds. The minimum absolute atomic E-state index is 0.170. The first kappa shape index (κ1) is 11.8. The lowest BCUT2D eigenvalue weighted by atomic mass is 10.2. The number of hydrogen-bond acceptors (Lipinski definition) is 2.